The van der Waals surface area contributed by atoms with Crippen molar-refractivity contribution in [3.05, 3.63) is 65.6 Å². The van der Waals surface area contributed by atoms with Crippen LogP contribution in [0.4, 0.5) is 11.5 Å². The average Bonchev–Trinajstić information content (AvgIpc) is 3.34. The van der Waals surface area contributed by atoms with Crippen LogP contribution in [-0.4, -0.2) is 41.6 Å². The number of halogens is 1. The lowest BCUT2D eigenvalue weighted by molar-refractivity contribution is -0.122. The molecule has 0 bridgehead atoms. The summed E-state index contributed by atoms with van der Waals surface area (Å²) in [7, 11) is 1.51. The minimum Gasteiger partial charge on any atom is -0.496 e. The Morgan fingerprint density at radius 2 is 2.03 bits per heavy atom. The predicted molar refractivity (Wildman–Crippen MR) is 124 cm³/mol. The van der Waals surface area contributed by atoms with E-state index in [1.165, 1.54) is 7.11 Å². The number of methoxy groups -OCH3 is 1. The molecule has 1 saturated heterocycles. The summed E-state index contributed by atoms with van der Waals surface area (Å²) in [6.45, 7) is 1.36. The first-order valence-electron chi connectivity index (χ1n) is 10.3. The van der Waals surface area contributed by atoms with E-state index in [4.69, 9.17) is 22.1 Å². The second kappa shape index (κ2) is 9.32. The number of primary amides is 1. The zero-order valence-corrected chi connectivity index (χ0v) is 18.4. The molecule has 1 atom stereocenters. The largest absolute Gasteiger partial charge is 0.496 e. The third-order valence-electron chi connectivity index (χ3n) is 5.55. The zero-order chi connectivity index (χ0) is 22.7. The van der Waals surface area contributed by atoms with Crippen molar-refractivity contribution >= 4 is 34.9 Å². The molecule has 2 amide bonds. The second-order valence-electron chi connectivity index (χ2n) is 7.64. The van der Waals surface area contributed by atoms with Crippen molar-refractivity contribution in [1.29, 1.82) is 0 Å². The van der Waals surface area contributed by atoms with E-state index >= 15 is 0 Å². The van der Waals surface area contributed by atoms with Crippen molar-refractivity contribution < 1.29 is 14.3 Å². The Labute approximate surface area is 190 Å². The number of hydrogen-bond acceptors (Lipinski definition) is 5. The predicted octanol–water partition coefficient (Wildman–Crippen LogP) is 3.49. The third kappa shape index (κ3) is 4.55. The number of benzene rings is 1. The average molecular weight is 454 g/mol. The summed E-state index contributed by atoms with van der Waals surface area (Å²) in [6, 6.07) is 10.7. The Morgan fingerprint density at radius 3 is 2.69 bits per heavy atom. The lowest BCUT2D eigenvalue weighted by Crippen LogP contribution is -2.41. The molecule has 3 heterocycles. The number of nitrogens with one attached hydrogen (secondary N) is 1. The molecule has 3 N–H and O–H groups in total. The smallest absolute Gasteiger partial charge is 0.259 e. The highest BCUT2D eigenvalue weighted by Gasteiger charge is 2.25. The topological polar surface area (TPSA) is 102 Å². The maximum absolute atomic E-state index is 12.9. The number of piperidine rings is 1. The van der Waals surface area contributed by atoms with Crippen LogP contribution in [0.1, 0.15) is 23.2 Å². The molecule has 1 aliphatic rings. The van der Waals surface area contributed by atoms with Gasteiger partial charge in [0.15, 0.2) is 0 Å². The van der Waals surface area contributed by atoms with Gasteiger partial charge < -0.3 is 25.3 Å². The van der Waals surface area contributed by atoms with E-state index in [2.05, 4.69) is 10.3 Å². The molecule has 1 unspecified atom stereocenters. The molecule has 9 heteroatoms. The molecule has 3 aromatic rings. The van der Waals surface area contributed by atoms with E-state index < -0.39 is 0 Å². The summed E-state index contributed by atoms with van der Waals surface area (Å²) in [5.74, 6) is 0.339. The maximum Gasteiger partial charge on any atom is 0.259 e. The summed E-state index contributed by atoms with van der Waals surface area (Å²) in [4.78, 5) is 30.9. The number of nitrogens with two attached hydrogens (primary N) is 1. The van der Waals surface area contributed by atoms with Crippen LogP contribution in [0.3, 0.4) is 0 Å². The van der Waals surface area contributed by atoms with Crippen LogP contribution >= 0.6 is 11.6 Å². The van der Waals surface area contributed by atoms with Gasteiger partial charge >= 0.3 is 0 Å². The van der Waals surface area contributed by atoms with Crippen LogP contribution in [0.15, 0.2) is 55.0 Å². The molecular weight excluding hydrogens is 430 g/mol. The van der Waals surface area contributed by atoms with Gasteiger partial charge in [-0.2, -0.15) is 0 Å². The van der Waals surface area contributed by atoms with Gasteiger partial charge in [0.1, 0.15) is 11.6 Å². The number of aromatic nitrogens is 2. The van der Waals surface area contributed by atoms with Gasteiger partial charge in [0, 0.05) is 31.5 Å². The van der Waals surface area contributed by atoms with Gasteiger partial charge in [-0.15, -0.1) is 0 Å². The van der Waals surface area contributed by atoms with Crippen LogP contribution in [0.5, 0.6) is 5.75 Å². The highest BCUT2D eigenvalue weighted by atomic mass is 35.5. The van der Waals surface area contributed by atoms with Gasteiger partial charge in [0.05, 0.1) is 41.2 Å². The standard InChI is InChI=1S/C23H24ClN5O3/c1-32-20-12-19(28-8-2-3-9-28)18(24)11-17(20)23(31)27-16-6-7-21(26-13-16)29-10-4-5-15(14-29)22(25)30/h2-3,6-9,11-13,15H,4-5,10,14H2,1H3,(H2,25,30)(H,27,31). The van der Waals surface area contributed by atoms with Crippen molar-refractivity contribution in [2.75, 3.05) is 30.4 Å². The molecule has 1 aromatic carbocycles. The van der Waals surface area contributed by atoms with E-state index in [1.807, 2.05) is 40.1 Å². The number of amides is 2. The van der Waals surface area contributed by atoms with Crippen molar-refractivity contribution in [2.45, 2.75) is 12.8 Å². The molecule has 166 valence electrons. The Balaban J connectivity index is 1.49. The second-order valence-corrected chi connectivity index (χ2v) is 8.05. The number of pyridine rings is 1. The van der Waals surface area contributed by atoms with E-state index in [0.717, 1.165) is 25.2 Å². The minimum absolute atomic E-state index is 0.170. The summed E-state index contributed by atoms with van der Waals surface area (Å²) in [5, 5.41) is 3.26. The van der Waals surface area contributed by atoms with Gasteiger partial charge in [-0.05, 0) is 43.2 Å². The fourth-order valence-electron chi connectivity index (χ4n) is 3.84. The molecular formula is C23H24ClN5O3. The van der Waals surface area contributed by atoms with Crippen LogP contribution in [0.25, 0.3) is 5.69 Å². The fourth-order valence-corrected chi connectivity index (χ4v) is 4.11. The van der Waals surface area contributed by atoms with Gasteiger partial charge in [-0.25, -0.2) is 4.98 Å². The minimum atomic E-state index is -0.357. The van der Waals surface area contributed by atoms with E-state index in [9.17, 15) is 9.59 Å². The number of anilines is 2. The molecule has 1 fully saturated rings. The third-order valence-corrected chi connectivity index (χ3v) is 5.85. The first kappa shape index (κ1) is 21.7. The highest BCUT2D eigenvalue weighted by molar-refractivity contribution is 6.33. The van der Waals surface area contributed by atoms with Gasteiger partial charge in [-0.1, -0.05) is 11.6 Å². The molecule has 0 saturated carbocycles. The first-order chi connectivity index (χ1) is 15.5. The van der Waals surface area contributed by atoms with Gasteiger partial charge in [-0.3, -0.25) is 9.59 Å². The van der Waals surface area contributed by atoms with Crippen molar-refractivity contribution in [3.8, 4) is 11.4 Å². The van der Waals surface area contributed by atoms with Crippen molar-refractivity contribution in [3.63, 3.8) is 0 Å². The maximum atomic E-state index is 12.9. The molecule has 0 aliphatic carbocycles. The van der Waals surface area contributed by atoms with Crippen molar-refractivity contribution in [1.82, 2.24) is 9.55 Å². The lowest BCUT2D eigenvalue weighted by Gasteiger charge is -2.32. The highest BCUT2D eigenvalue weighted by Crippen LogP contribution is 2.31. The van der Waals surface area contributed by atoms with Crippen molar-refractivity contribution in [2.24, 2.45) is 11.7 Å². The number of rotatable bonds is 6. The van der Waals surface area contributed by atoms with E-state index in [1.54, 1.807) is 24.4 Å². The molecule has 32 heavy (non-hydrogen) atoms. The monoisotopic (exact) mass is 453 g/mol. The summed E-state index contributed by atoms with van der Waals surface area (Å²) < 4.78 is 7.28. The molecule has 8 nitrogen and oxygen atoms in total. The first-order valence-corrected chi connectivity index (χ1v) is 10.7. The molecule has 0 spiro atoms. The number of nitrogens with zero attached hydrogens (tertiary/aromatic N) is 3. The van der Waals surface area contributed by atoms with Crippen LogP contribution in [0.2, 0.25) is 5.02 Å². The van der Waals surface area contributed by atoms with Gasteiger partial charge in [0.25, 0.3) is 5.91 Å². The zero-order valence-electron chi connectivity index (χ0n) is 17.6. The normalized spacial score (nSPS) is 15.9. The SMILES string of the molecule is COc1cc(-n2cccc2)c(Cl)cc1C(=O)Nc1ccc(N2CCCC(C(N)=O)C2)nc1. The van der Waals surface area contributed by atoms with Crippen LogP contribution in [-0.2, 0) is 4.79 Å². The lowest BCUT2D eigenvalue weighted by atomic mass is 9.97. The van der Waals surface area contributed by atoms with Crippen LogP contribution < -0.4 is 20.7 Å². The Bertz CT molecular complexity index is 1120. The number of ether oxygens (including phenoxy) is 1. The van der Waals surface area contributed by atoms with E-state index in [0.29, 0.717) is 34.3 Å². The Morgan fingerprint density at radius 1 is 1.25 bits per heavy atom. The Kier molecular flexibility index (Phi) is 6.32. The van der Waals surface area contributed by atoms with Gasteiger partial charge in [0.2, 0.25) is 5.91 Å². The van der Waals surface area contributed by atoms with E-state index in [-0.39, 0.29) is 17.7 Å². The molecule has 1 aliphatic heterocycles. The Hall–Kier alpha value is -3.52. The quantitative estimate of drug-likeness (QED) is 0.594. The molecule has 4 rings (SSSR count). The number of hydrogen-bond donors (Lipinski definition) is 2. The summed E-state index contributed by atoms with van der Waals surface area (Å²) in [5.41, 5.74) is 7.03. The van der Waals surface area contributed by atoms with Crippen LogP contribution in [0, 0.1) is 5.92 Å². The summed E-state index contributed by atoms with van der Waals surface area (Å²) >= 11 is 6.43. The summed E-state index contributed by atoms with van der Waals surface area (Å²) in [6.07, 6.45) is 6.99. The molecule has 2 aromatic heterocycles. The fraction of sp³-hybridized carbons (Fsp3) is 0.261. The molecule has 0 radical (unpaired) electrons. The number of carbonyl (C=O) groups is 2. The number of carbonyl (C=O) groups excluding carboxylic acids is 2.